The van der Waals surface area contributed by atoms with E-state index in [1.165, 1.54) is 4.41 Å². The van der Waals surface area contributed by atoms with E-state index in [0.717, 1.165) is 11.1 Å². The van der Waals surface area contributed by atoms with Crippen LogP contribution in [0, 0.1) is 0 Å². The Hall–Kier alpha value is -2.34. The summed E-state index contributed by atoms with van der Waals surface area (Å²) < 4.78 is 27.8. The summed E-state index contributed by atoms with van der Waals surface area (Å²) >= 11 is 12.4. The van der Waals surface area contributed by atoms with Crippen molar-refractivity contribution in [2.75, 3.05) is 0 Å². The first kappa shape index (κ1) is 19.0. The zero-order valence-electron chi connectivity index (χ0n) is 14.7. The topological polar surface area (TPSA) is 49.7 Å². The molecule has 142 valence electrons. The molecule has 0 saturated heterocycles. The van der Waals surface area contributed by atoms with Crippen LogP contribution in [0.2, 0.25) is 10.0 Å². The Bertz CT molecular complexity index is 1130. The molecule has 0 spiro atoms. The predicted molar refractivity (Wildman–Crippen MR) is 112 cm³/mol. The summed E-state index contributed by atoms with van der Waals surface area (Å²) in [6, 6.07) is 22.2. The third kappa shape index (κ3) is 3.53. The van der Waals surface area contributed by atoms with Crippen molar-refractivity contribution in [2.24, 2.45) is 5.10 Å². The molecule has 1 aliphatic rings. The normalized spacial score (nSPS) is 16.9. The SMILES string of the molecule is O=S(=O)(c1ccccc1)N1N=C(c2ccc(Cl)cc2)C[C@@H]1c1ccccc1Cl. The lowest BCUT2D eigenvalue weighted by atomic mass is 9.99. The third-order valence-electron chi connectivity index (χ3n) is 4.60. The van der Waals surface area contributed by atoms with Crippen LogP contribution < -0.4 is 0 Å². The molecule has 0 N–H and O–H groups in total. The number of hydrazone groups is 1. The quantitative estimate of drug-likeness (QED) is 0.545. The second-order valence-corrected chi connectivity index (χ2v) is 9.02. The fraction of sp³-hybridized carbons (Fsp3) is 0.0952. The third-order valence-corrected chi connectivity index (χ3v) is 6.89. The van der Waals surface area contributed by atoms with Crippen LogP contribution in [0.3, 0.4) is 0 Å². The van der Waals surface area contributed by atoms with Crippen molar-refractivity contribution in [2.45, 2.75) is 17.4 Å². The highest BCUT2D eigenvalue weighted by Crippen LogP contribution is 2.39. The maximum Gasteiger partial charge on any atom is 0.279 e. The molecule has 1 heterocycles. The van der Waals surface area contributed by atoms with E-state index < -0.39 is 16.1 Å². The fourth-order valence-corrected chi connectivity index (χ4v) is 5.04. The molecule has 0 radical (unpaired) electrons. The van der Waals surface area contributed by atoms with E-state index in [4.69, 9.17) is 23.2 Å². The lowest BCUT2D eigenvalue weighted by Crippen LogP contribution is -2.27. The van der Waals surface area contributed by atoms with E-state index in [1.54, 1.807) is 48.5 Å². The molecule has 0 aliphatic carbocycles. The van der Waals surface area contributed by atoms with E-state index in [9.17, 15) is 8.42 Å². The van der Waals surface area contributed by atoms with E-state index >= 15 is 0 Å². The van der Waals surface area contributed by atoms with Crippen molar-refractivity contribution in [3.63, 3.8) is 0 Å². The average molecular weight is 431 g/mol. The maximum atomic E-state index is 13.3. The summed E-state index contributed by atoms with van der Waals surface area (Å²) in [5.74, 6) is 0. The highest BCUT2D eigenvalue weighted by Gasteiger charge is 2.38. The van der Waals surface area contributed by atoms with Crippen molar-refractivity contribution in [3.05, 3.63) is 100 Å². The molecule has 3 aromatic rings. The first-order valence-electron chi connectivity index (χ1n) is 8.64. The number of hydrogen-bond acceptors (Lipinski definition) is 3. The second kappa shape index (κ2) is 7.59. The summed E-state index contributed by atoms with van der Waals surface area (Å²) in [5, 5.41) is 5.61. The monoisotopic (exact) mass is 430 g/mol. The van der Waals surface area contributed by atoms with Crippen molar-refractivity contribution in [3.8, 4) is 0 Å². The first-order valence-corrected chi connectivity index (χ1v) is 10.8. The smallest absolute Gasteiger partial charge is 0.200 e. The molecular formula is C21H16Cl2N2O2S. The van der Waals surface area contributed by atoms with E-state index in [-0.39, 0.29) is 4.90 Å². The highest BCUT2D eigenvalue weighted by atomic mass is 35.5. The van der Waals surface area contributed by atoms with Crippen molar-refractivity contribution >= 4 is 38.9 Å². The van der Waals surface area contributed by atoms with Crippen molar-refractivity contribution < 1.29 is 8.42 Å². The number of benzene rings is 3. The van der Waals surface area contributed by atoms with Gasteiger partial charge in [0.25, 0.3) is 10.0 Å². The molecule has 1 atom stereocenters. The average Bonchev–Trinajstić information content (AvgIpc) is 3.15. The maximum absolute atomic E-state index is 13.3. The zero-order valence-corrected chi connectivity index (χ0v) is 17.0. The van der Waals surface area contributed by atoms with Crippen LogP contribution in [-0.2, 0) is 10.0 Å². The van der Waals surface area contributed by atoms with Crippen LogP contribution in [0.25, 0.3) is 0 Å². The largest absolute Gasteiger partial charge is 0.279 e. The Labute approximate surface area is 174 Å². The van der Waals surface area contributed by atoms with Gasteiger partial charge in [-0.3, -0.25) is 0 Å². The molecule has 0 bridgehead atoms. The van der Waals surface area contributed by atoms with Crippen LogP contribution in [0.4, 0.5) is 0 Å². The Morgan fingerprint density at radius 1 is 0.857 bits per heavy atom. The predicted octanol–water partition coefficient (Wildman–Crippen LogP) is 5.53. The van der Waals surface area contributed by atoms with Gasteiger partial charge in [-0.1, -0.05) is 71.7 Å². The molecular weight excluding hydrogens is 415 g/mol. The molecule has 0 amide bonds. The van der Waals surface area contributed by atoms with Crippen LogP contribution in [0.1, 0.15) is 23.6 Å². The molecule has 28 heavy (non-hydrogen) atoms. The molecule has 4 rings (SSSR count). The van der Waals surface area contributed by atoms with Gasteiger partial charge in [-0.2, -0.15) is 17.9 Å². The number of rotatable bonds is 4. The molecule has 1 aliphatic heterocycles. The Morgan fingerprint density at radius 2 is 1.50 bits per heavy atom. The van der Waals surface area contributed by atoms with E-state index in [1.807, 2.05) is 30.3 Å². The minimum Gasteiger partial charge on any atom is -0.200 e. The van der Waals surface area contributed by atoms with Gasteiger partial charge in [0.1, 0.15) is 0 Å². The van der Waals surface area contributed by atoms with Crippen LogP contribution in [0.5, 0.6) is 0 Å². The number of halogens is 2. The molecule has 0 saturated carbocycles. The van der Waals surface area contributed by atoms with E-state index in [2.05, 4.69) is 5.10 Å². The lowest BCUT2D eigenvalue weighted by Gasteiger charge is -2.24. The van der Waals surface area contributed by atoms with Gasteiger partial charge in [0, 0.05) is 16.5 Å². The van der Waals surface area contributed by atoms with Crippen LogP contribution in [-0.4, -0.2) is 18.5 Å². The van der Waals surface area contributed by atoms with Crippen LogP contribution in [0.15, 0.2) is 88.9 Å². The second-order valence-electron chi connectivity index (χ2n) is 6.39. The standard InChI is InChI=1S/C21H16Cl2N2O2S/c22-16-12-10-15(11-13-16)20-14-21(18-8-4-5-9-19(18)23)25(24-20)28(26,27)17-6-2-1-3-7-17/h1-13,21H,14H2/t21-/m1/s1. The van der Waals surface area contributed by atoms with Crippen molar-refractivity contribution in [1.29, 1.82) is 0 Å². The van der Waals surface area contributed by atoms with Gasteiger partial charge in [-0.05, 0) is 41.5 Å². The summed E-state index contributed by atoms with van der Waals surface area (Å²) in [6.07, 6.45) is 0.414. The summed E-state index contributed by atoms with van der Waals surface area (Å²) in [4.78, 5) is 0.188. The Kier molecular flexibility index (Phi) is 5.15. The first-order chi connectivity index (χ1) is 13.5. The highest BCUT2D eigenvalue weighted by molar-refractivity contribution is 7.89. The van der Waals surface area contributed by atoms with Gasteiger partial charge in [-0.15, -0.1) is 0 Å². The van der Waals surface area contributed by atoms with Gasteiger partial charge >= 0.3 is 0 Å². The van der Waals surface area contributed by atoms with Gasteiger partial charge < -0.3 is 0 Å². The molecule has 4 nitrogen and oxygen atoms in total. The van der Waals surface area contributed by atoms with Crippen LogP contribution >= 0.6 is 23.2 Å². The Morgan fingerprint density at radius 3 is 2.18 bits per heavy atom. The lowest BCUT2D eigenvalue weighted by molar-refractivity contribution is 0.371. The Balaban J connectivity index is 1.82. The minimum atomic E-state index is -3.84. The number of nitrogens with zero attached hydrogens (tertiary/aromatic N) is 2. The minimum absolute atomic E-state index is 0.188. The van der Waals surface area contributed by atoms with Crippen molar-refractivity contribution in [1.82, 2.24) is 4.41 Å². The molecule has 0 fully saturated rings. The molecule has 0 unspecified atom stereocenters. The molecule has 3 aromatic carbocycles. The number of sulfonamides is 1. The molecule has 0 aromatic heterocycles. The van der Waals surface area contributed by atoms with Gasteiger partial charge in [0.2, 0.25) is 0 Å². The summed E-state index contributed by atoms with van der Waals surface area (Å²) in [6.45, 7) is 0. The van der Waals surface area contributed by atoms with Gasteiger partial charge in [-0.25, -0.2) is 0 Å². The summed E-state index contributed by atoms with van der Waals surface area (Å²) in [7, 11) is -3.84. The van der Waals surface area contributed by atoms with E-state index in [0.29, 0.717) is 22.2 Å². The van der Waals surface area contributed by atoms with Gasteiger partial charge in [0.15, 0.2) is 0 Å². The summed E-state index contributed by atoms with van der Waals surface area (Å²) in [5.41, 5.74) is 2.21. The molecule has 7 heteroatoms. The number of hydrogen-bond donors (Lipinski definition) is 0. The fourth-order valence-electron chi connectivity index (χ4n) is 3.20. The van der Waals surface area contributed by atoms with Gasteiger partial charge in [0.05, 0.1) is 16.6 Å². The zero-order chi connectivity index (χ0) is 19.7.